The van der Waals surface area contributed by atoms with Crippen molar-refractivity contribution in [2.45, 2.75) is 52.1 Å². The molecule has 2 N–H and O–H groups in total. The highest BCUT2D eigenvalue weighted by Gasteiger charge is 2.32. The van der Waals surface area contributed by atoms with Crippen molar-refractivity contribution in [3.05, 3.63) is 11.3 Å². The van der Waals surface area contributed by atoms with Crippen LogP contribution in [0.1, 0.15) is 37.9 Å². The lowest BCUT2D eigenvalue weighted by Gasteiger charge is -2.24. The summed E-state index contributed by atoms with van der Waals surface area (Å²) in [5.41, 5.74) is 8.40. The lowest BCUT2D eigenvalue weighted by Crippen LogP contribution is -2.29. The molecule has 0 radical (unpaired) electrons. The monoisotopic (exact) mass is 236 g/mol. The summed E-state index contributed by atoms with van der Waals surface area (Å²) in [7, 11) is 2.04. The topological polar surface area (TPSA) is 47.1 Å². The standard InChI is InChI=1S/C13H24N4/c1-5-17(11-6-7-11)13-12(8-9(2)14)10(3)15-16(13)4/h9,11H,5-8,14H2,1-4H3. The van der Waals surface area contributed by atoms with Crippen LogP contribution in [0.15, 0.2) is 0 Å². The zero-order valence-electron chi connectivity index (χ0n) is 11.4. The van der Waals surface area contributed by atoms with Gasteiger partial charge in [0.1, 0.15) is 5.82 Å². The van der Waals surface area contributed by atoms with Crippen LogP contribution in [0.2, 0.25) is 0 Å². The predicted octanol–water partition coefficient (Wildman–Crippen LogP) is 1.61. The summed E-state index contributed by atoms with van der Waals surface area (Å²) in [6, 6.07) is 0.913. The summed E-state index contributed by atoms with van der Waals surface area (Å²) in [6.45, 7) is 7.41. The molecule has 1 unspecified atom stereocenters. The highest BCUT2D eigenvalue weighted by Crippen LogP contribution is 2.34. The first-order chi connectivity index (χ1) is 8.04. The van der Waals surface area contributed by atoms with Crippen LogP contribution in [0.25, 0.3) is 0 Å². The van der Waals surface area contributed by atoms with Gasteiger partial charge < -0.3 is 10.6 Å². The quantitative estimate of drug-likeness (QED) is 0.845. The number of hydrogen-bond acceptors (Lipinski definition) is 3. The molecule has 0 amide bonds. The van der Waals surface area contributed by atoms with Gasteiger partial charge in [-0.15, -0.1) is 0 Å². The fourth-order valence-electron chi connectivity index (χ4n) is 2.58. The average molecular weight is 236 g/mol. The normalized spacial score (nSPS) is 17.2. The number of nitrogens with zero attached hydrogens (tertiary/aromatic N) is 3. The molecular weight excluding hydrogens is 212 g/mol. The number of aromatic nitrogens is 2. The van der Waals surface area contributed by atoms with Crippen LogP contribution in [-0.4, -0.2) is 28.4 Å². The summed E-state index contributed by atoms with van der Waals surface area (Å²) in [5, 5.41) is 4.56. The van der Waals surface area contributed by atoms with Gasteiger partial charge in [0, 0.05) is 31.2 Å². The van der Waals surface area contributed by atoms with Crippen LogP contribution in [0.4, 0.5) is 5.82 Å². The second kappa shape index (κ2) is 4.69. The van der Waals surface area contributed by atoms with Crippen molar-refractivity contribution in [3.63, 3.8) is 0 Å². The first-order valence-electron chi connectivity index (χ1n) is 6.59. The maximum absolute atomic E-state index is 5.95. The highest BCUT2D eigenvalue weighted by atomic mass is 15.4. The minimum atomic E-state index is 0.189. The Hall–Kier alpha value is -1.03. The molecule has 96 valence electrons. The van der Waals surface area contributed by atoms with E-state index in [9.17, 15) is 0 Å². The molecule has 0 spiro atoms. The van der Waals surface area contributed by atoms with Crippen molar-refractivity contribution < 1.29 is 0 Å². The van der Waals surface area contributed by atoms with Gasteiger partial charge in [-0.1, -0.05) is 0 Å². The van der Waals surface area contributed by atoms with Crippen molar-refractivity contribution in [2.75, 3.05) is 11.4 Å². The van der Waals surface area contributed by atoms with Crippen LogP contribution in [0.3, 0.4) is 0 Å². The zero-order valence-corrected chi connectivity index (χ0v) is 11.4. The second-order valence-corrected chi connectivity index (χ2v) is 5.21. The fraction of sp³-hybridized carbons (Fsp3) is 0.769. The molecule has 0 aliphatic heterocycles. The van der Waals surface area contributed by atoms with Crippen molar-refractivity contribution >= 4 is 5.82 Å². The minimum absolute atomic E-state index is 0.189. The van der Waals surface area contributed by atoms with E-state index >= 15 is 0 Å². The Morgan fingerprint density at radius 2 is 2.18 bits per heavy atom. The van der Waals surface area contributed by atoms with Gasteiger partial charge in [-0.3, -0.25) is 4.68 Å². The Morgan fingerprint density at radius 1 is 1.53 bits per heavy atom. The van der Waals surface area contributed by atoms with Gasteiger partial charge in [-0.25, -0.2) is 0 Å². The van der Waals surface area contributed by atoms with Gasteiger partial charge in [0.15, 0.2) is 0 Å². The lowest BCUT2D eigenvalue weighted by atomic mass is 10.1. The van der Waals surface area contributed by atoms with Gasteiger partial charge in [0.05, 0.1) is 5.69 Å². The number of anilines is 1. The van der Waals surface area contributed by atoms with E-state index in [1.165, 1.54) is 24.2 Å². The minimum Gasteiger partial charge on any atom is -0.354 e. The van der Waals surface area contributed by atoms with E-state index < -0.39 is 0 Å². The van der Waals surface area contributed by atoms with Crippen molar-refractivity contribution in [1.82, 2.24) is 9.78 Å². The van der Waals surface area contributed by atoms with Gasteiger partial charge >= 0.3 is 0 Å². The largest absolute Gasteiger partial charge is 0.354 e. The third-order valence-electron chi connectivity index (χ3n) is 3.44. The van der Waals surface area contributed by atoms with Crippen LogP contribution in [0.5, 0.6) is 0 Å². The highest BCUT2D eigenvalue weighted by molar-refractivity contribution is 5.52. The molecule has 2 rings (SSSR count). The first kappa shape index (κ1) is 12.4. The number of nitrogens with two attached hydrogens (primary N) is 1. The average Bonchev–Trinajstić information content (AvgIpc) is 3.02. The zero-order chi connectivity index (χ0) is 12.6. The van der Waals surface area contributed by atoms with Gasteiger partial charge in [0.25, 0.3) is 0 Å². The molecule has 1 atom stereocenters. The number of hydrogen-bond donors (Lipinski definition) is 1. The van der Waals surface area contributed by atoms with Crippen LogP contribution in [-0.2, 0) is 13.5 Å². The summed E-state index contributed by atoms with van der Waals surface area (Å²) >= 11 is 0. The number of rotatable bonds is 5. The maximum Gasteiger partial charge on any atom is 0.130 e. The van der Waals surface area contributed by atoms with Crippen molar-refractivity contribution in [3.8, 4) is 0 Å². The van der Waals surface area contributed by atoms with E-state index in [4.69, 9.17) is 5.73 Å². The van der Waals surface area contributed by atoms with E-state index in [1.807, 2.05) is 11.7 Å². The smallest absolute Gasteiger partial charge is 0.130 e. The van der Waals surface area contributed by atoms with Crippen LogP contribution < -0.4 is 10.6 Å². The molecule has 1 aromatic heterocycles. The number of aryl methyl sites for hydroxylation is 2. The van der Waals surface area contributed by atoms with Crippen molar-refractivity contribution in [2.24, 2.45) is 12.8 Å². The van der Waals surface area contributed by atoms with Crippen LogP contribution in [0, 0.1) is 6.92 Å². The van der Waals surface area contributed by atoms with E-state index in [1.54, 1.807) is 0 Å². The molecule has 1 aromatic rings. The first-order valence-corrected chi connectivity index (χ1v) is 6.59. The Labute approximate surface area is 104 Å². The molecule has 4 nitrogen and oxygen atoms in total. The van der Waals surface area contributed by atoms with E-state index in [0.717, 1.165) is 24.7 Å². The third-order valence-corrected chi connectivity index (χ3v) is 3.44. The predicted molar refractivity (Wildman–Crippen MR) is 71.3 cm³/mol. The van der Waals surface area contributed by atoms with E-state index in [2.05, 4.69) is 30.8 Å². The lowest BCUT2D eigenvalue weighted by molar-refractivity contribution is 0.693. The summed E-state index contributed by atoms with van der Waals surface area (Å²) in [5.74, 6) is 1.28. The summed E-state index contributed by atoms with van der Waals surface area (Å²) < 4.78 is 2.02. The SMILES string of the molecule is CCN(c1c(CC(C)N)c(C)nn1C)C1CC1. The van der Waals surface area contributed by atoms with Crippen molar-refractivity contribution in [1.29, 1.82) is 0 Å². The summed E-state index contributed by atoms with van der Waals surface area (Å²) in [6.07, 6.45) is 3.55. The fourth-order valence-corrected chi connectivity index (χ4v) is 2.58. The Morgan fingerprint density at radius 3 is 2.65 bits per heavy atom. The molecule has 1 heterocycles. The van der Waals surface area contributed by atoms with Gasteiger partial charge in [0.2, 0.25) is 0 Å². The molecular formula is C13H24N4. The Kier molecular flexibility index (Phi) is 3.43. The van der Waals surface area contributed by atoms with Gasteiger partial charge in [-0.2, -0.15) is 5.10 Å². The molecule has 0 bridgehead atoms. The van der Waals surface area contributed by atoms with Crippen LogP contribution >= 0.6 is 0 Å². The molecule has 17 heavy (non-hydrogen) atoms. The summed E-state index contributed by atoms with van der Waals surface area (Å²) in [4.78, 5) is 2.48. The Balaban J connectivity index is 2.35. The molecule has 1 saturated carbocycles. The molecule has 1 fully saturated rings. The molecule has 0 saturated heterocycles. The van der Waals surface area contributed by atoms with E-state index in [-0.39, 0.29) is 6.04 Å². The maximum atomic E-state index is 5.95. The molecule has 4 heteroatoms. The Bertz CT molecular complexity index is 390. The molecule has 1 aliphatic carbocycles. The third kappa shape index (κ3) is 2.46. The second-order valence-electron chi connectivity index (χ2n) is 5.21. The molecule has 0 aromatic carbocycles. The molecule has 1 aliphatic rings. The van der Waals surface area contributed by atoms with E-state index in [0.29, 0.717) is 0 Å². The van der Waals surface area contributed by atoms with Gasteiger partial charge in [-0.05, 0) is 40.0 Å².